The van der Waals surface area contributed by atoms with Gasteiger partial charge in [-0.15, -0.1) is 4.98 Å². The summed E-state index contributed by atoms with van der Waals surface area (Å²) in [7, 11) is 0. The Balaban J connectivity index is 1.63. The molecule has 2 aromatic carbocycles. The molecule has 0 aliphatic carbocycles. The van der Waals surface area contributed by atoms with Gasteiger partial charge in [0.1, 0.15) is 23.1 Å². The Bertz CT molecular complexity index is 870. The molecule has 1 saturated heterocycles. The first-order chi connectivity index (χ1) is 13.7. The van der Waals surface area contributed by atoms with E-state index in [1.54, 1.807) is 0 Å². The maximum Gasteiger partial charge on any atom is 0.330 e. The number of ether oxygens (including phenoxy) is 2. The topological polar surface area (TPSA) is 60.4 Å². The van der Waals surface area contributed by atoms with E-state index in [-0.39, 0.29) is 23.7 Å². The molecular formula is C19H16F2N4O2S. The standard InChI is InChI=1S/C19H16F2N4O2S/c20-13-1-5-15(6-2-13)26-18-22-17(25-9-11-28-12-10-25)23-19(24-18)27-16-7-3-14(21)4-8-16/h1-8H,9-12H2. The molecule has 3 aromatic rings. The largest absolute Gasteiger partial charge is 0.424 e. The van der Waals surface area contributed by atoms with Crippen molar-refractivity contribution in [3.05, 3.63) is 60.2 Å². The molecular weight excluding hydrogens is 386 g/mol. The molecule has 1 fully saturated rings. The summed E-state index contributed by atoms with van der Waals surface area (Å²) in [6.07, 6.45) is 0. The third-order valence-corrected chi connectivity index (χ3v) is 4.86. The molecule has 0 spiro atoms. The van der Waals surface area contributed by atoms with Gasteiger partial charge >= 0.3 is 12.0 Å². The zero-order chi connectivity index (χ0) is 19.3. The van der Waals surface area contributed by atoms with Crippen LogP contribution in [0.3, 0.4) is 0 Å². The van der Waals surface area contributed by atoms with Crippen molar-refractivity contribution in [3.63, 3.8) is 0 Å². The van der Waals surface area contributed by atoms with Crippen molar-refractivity contribution < 1.29 is 18.3 Å². The molecule has 4 rings (SSSR count). The van der Waals surface area contributed by atoms with E-state index < -0.39 is 0 Å². The molecule has 1 aliphatic rings. The molecule has 0 unspecified atom stereocenters. The van der Waals surface area contributed by atoms with Crippen molar-refractivity contribution >= 4 is 17.7 Å². The Morgan fingerprint density at radius 1 is 0.714 bits per heavy atom. The molecule has 144 valence electrons. The van der Waals surface area contributed by atoms with Gasteiger partial charge in [0.25, 0.3) is 0 Å². The quantitative estimate of drug-likeness (QED) is 0.631. The molecule has 6 nitrogen and oxygen atoms in total. The minimum Gasteiger partial charge on any atom is -0.424 e. The van der Waals surface area contributed by atoms with Gasteiger partial charge < -0.3 is 14.4 Å². The van der Waals surface area contributed by atoms with E-state index in [0.29, 0.717) is 17.4 Å². The van der Waals surface area contributed by atoms with Crippen LogP contribution >= 0.6 is 11.8 Å². The van der Waals surface area contributed by atoms with Crippen LogP contribution in [0, 0.1) is 11.6 Å². The van der Waals surface area contributed by atoms with Gasteiger partial charge in [-0.2, -0.15) is 21.7 Å². The molecule has 0 amide bonds. The summed E-state index contributed by atoms with van der Waals surface area (Å²) in [5.74, 6) is 2.41. The summed E-state index contributed by atoms with van der Waals surface area (Å²) in [5.41, 5.74) is 0. The Labute approximate surface area is 164 Å². The minimum absolute atomic E-state index is 0.0342. The van der Waals surface area contributed by atoms with Crippen LogP contribution in [0.2, 0.25) is 0 Å². The third kappa shape index (κ3) is 4.66. The molecule has 1 aromatic heterocycles. The van der Waals surface area contributed by atoms with Crippen molar-refractivity contribution in [1.29, 1.82) is 0 Å². The summed E-state index contributed by atoms with van der Waals surface area (Å²) >= 11 is 1.86. The maximum absolute atomic E-state index is 13.1. The van der Waals surface area contributed by atoms with Gasteiger partial charge in [-0.3, -0.25) is 0 Å². The van der Waals surface area contributed by atoms with E-state index in [9.17, 15) is 8.78 Å². The number of thioether (sulfide) groups is 1. The molecule has 0 atom stereocenters. The summed E-state index contributed by atoms with van der Waals surface area (Å²) in [4.78, 5) is 14.9. The van der Waals surface area contributed by atoms with E-state index >= 15 is 0 Å². The second kappa shape index (κ2) is 8.39. The zero-order valence-electron chi connectivity index (χ0n) is 14.7. The molecule has 2 heterocycles. The molecule has 0 bridgehead atoms. The fourth-order valence-corrected chi connectivity index (χ4v) is 3.44. The van der Waals surface area contributed by atoms with E-state index in [1.807, 2.05) is 16.7 Å². The average molecular weight is 402 g/mol. The number of benzene rings is 2. The highest BCUT2D eigenvalue weighted by molar-refractivity contribution is 7.99. The second-order valence-electron chi connectivity index (χ2n) is 5.91. The van der Waals surface area contributed by atoms with Gasteiger partial charge in [-0.05, 0) is 48.5 Å². The van der Waals surface area contributed by atoms with Gasteiger partial charge in [0.15, 0.2) is 0 Å². The lowest BCUT2D eigenvalue weighted by Crippen LogP contribution is -2.34. The van der Waals surface area contributed by atoms with Crippen LogP contribution in [0.15, 0.2) is 48.5 Å². The Morgan fingerprint density at radius 3 is 1.64 bits per heavy atom. The smallest absolute Gasteiger partial charge is 0.330 e. The van der Waals surface area contributed by atoms with E-state index in [2.05, 4.69) is 15.0 Å². The Morgan fingerprint density at radius 2 is 1.18 bits per heavy atom. The van der Waals surface area contributed by atoms with Crippen molar-refractivity contribution in [2.45, 2.75) is 0 Å². The molecule has 1 aliphatic heterocycles. The van der Waals surface area contributed by atoms with Crippen molar-refractivity contribution in [1.82, 2.24) is 15.0 Å². The highest BCUT2D eigenvalue weighted by atomic mass is 32.2. The van der Waals surface area contributed by atoms with Crippen molar-refractivity contribution in [3.8, 4) is 23.5 Å². The summed E-state index contributed by atoms with van der Waals surface area (Å²) in [6, 6.07) is 11.1. The fraction of sp³-hybridized carbons (Fsp3) is 0.211. The average Bonchev–Trinajstić information content (AvgIpc) is 2.72. The first-order valence-electron chi connectivity index (χ1n) is 8.61. The van der Waals surface area contributed by atoms with Gasteiger partial charge in [0.05, 0.1) is 0 Å². The first kappa shape index (κ1) is 18.4. The lowest BCUT2D eigenvalue weighted by atomic mass is 10.3. The summed E-state index contributed by atoms with van der Waals surface area (Å²) < 4.78 is 37.6. The van der Waals surface area contributed by atoms with Gasteiger partial charge in [-0.25, -0.2) is 8.78 Å². The summed E-state index contributed by atoms with van der Waals surface area (Å²) in [5, 5.41) is 0. The van der Waals surface area contributed by atoms with E-state index in [4.69, 9.17) is 9.47 Å². The summed E-state index contributed by atoms with van der Waals surface area (Å²) in [6.45, 7) is 1.58. The van der Waals surface area contributed by atoms with Crippen LogP contribution < -0.4 is 14.4 Å². The minimum atomic E-state index is -0.366. The SMILES string of the molecule is Fc1ccc(Oc2nc(Oc3ccc(F)cc3)nc(N3CCSCC3)n2)cc1. The van der Waals surface area contributed by atoms with Gasteiger partial charge in [-0.1, -0.05) is 0 Å². The predicted molar refractivity (Wildman–Crippen MR) is 102 cm³/mol. The molecule has 0 radical (unpaired) electrons. The van der Waals surface area contributed by atoms with Gasteiger partial charge in [0, 0.05) is 24.6 Å². The fourth-order valence-electron chi connectivity index (χ4n) is 2.54. The van der Waals surface area contributed by atoms with E-state index in [0.717, 1.165) is 24.6 Å². The first-order valence-corrected chi connectivity index (χ1v) is 9.77. The molecule has 0 N–H and O–H groups in total. The Hall–Kier alpha value is -2.94. The Kier molecular flexibility index (Phi) is 5.52. The van der Waals surface area contributed by atoms with Crippen molar-refractivity contribution in [2.75, 3.05) is 29.5 Å². The van der Waals surface area contributed by atoms with Crippen LogP contribution in [0.5, 0.6) is 23.5 Å². The zero-order valence-corrected chi connectivity index (χ0v) is 15.5. The molecule has 28 heavy (non-hydrogen) atoms. The predicted octanol–water partition coefficient (Wildman–Crippen LogP) is 4.29. The second-order valence-corrected chi connectivity index (χ2v) is 7.14. The van der Waals surface area contributed by atoms with Gasteiger partial charge in [0.2, 0.25) is 5.95 Å². The van der Waals surface area contributed by atoms with Crippen molar-refractivity contribution in [2.24, 2.45) is 0 Å². The van der Waals surface area contributed by atoms with Crippen LogP contribution in [-0.4, -0.2) is 39.5 Å². The highest BCUT2D eigenvalue weighted by Gasteiger charge is 2.18. The van der Waals surface area contributed by atoms with Crippen LogP contribution in [-0.2, 0) is 0 Å². The number of aromatic nitrogens is 3. The molecule has 9 heteroatoms. The lowest BCUT2D eigenvalue weighted by molar-refractivity contribution is 0.396. The maximum atomic E-state index is 13.1. The monoisotopic (exact) mass is 402 g/mol. The lowest BCUT2D eigenvalue weighted by Gasteiger charge is -2.26. The number of halogens is 2. The number of rotatable bonds is 5. The number of hydrogen-bond acceptors (Lipinski definition) is 7. The highest BCUT2D eigenvalue weighted by Crippen LogP contribution is 2.26. The van der Waals surface area contributed by atoms with E-state index in [1.165, 1.54) is 48.5 Å². The molecule has 0 saturated carbocycles. The number of anilines is 1. The third-order valence-electron chi connectivity index (χ3n) is 3.92. The van der Waals surface area contributed by atoms with Crippen LogP contribution in [0.4, 0.5) is 14.7 Å². The van der Waals surface area contributed by atoms with Crippen LogP contribution in [0.1, 0.15) is 0 Å². The number of nitrogens with zero attached hydrogens (tertiary/aromatic N) is 4. The number of hydrogen-bond donors (Lipinski definition) is 0. The van der Waals surface area contributed by atoms with Crippen LogP contribution in [0.25, 0.3) is 0 Å². The normalized spacial score (nSPS) is 14.0.